The van der Waals surface area contributed by atoms with Gasteiger partial charge >= 0.3 is 0 Å². The predicted octanol–water partition coefficient (Wildman–Crippen LogP) is 1.74. The third-order valence-corrected chi connectivity index (χ3v) is 4.58. The molecule has 22 heavy (non-hydrogen) atoms. The van der Waals surface area contributed by atoms with Crippen molar-refractivity contribution in [3.05, 3.63) is 30.2 Å². The number of nitrogens with one attached hydrogen (secondary N) is 1. The maximum absolute atomic E-state index is 11.4. The lowest BCUT2D eigenvalue weighted by molar-refractivity contribution is 0.00859. The third kappa shape index (κ3) is 3.79. The van der Waals surface area contributed by atoms with E-state index in [4.69, 9.17) is 9.26 Å². The highest BCUT2D eigenvalue weighted by Gasteiger charge is 2.15. The second-order valence-corrected chi connectivity index (χ2v) is 6.63. The minimum atomic E-state index is -0.984. The molecule has 1 aromatic carbocycles. The number of hydrogen-bond donors (Lipinski definition) is 1. The Morgan fingerprint density at radius 3 is 2.73 bits per heavy atom. The lowest BCUT2D eigenvalue weighted by atomic mass is 10.1. The van der Waals surface area contributed by atoms with Gasteiger partial charge in [0.2, 0.25) is 5.82 Å². The topological polar surface area (TPSA) is 77.2 Å². The van der Waals surface area contributed by atoms with Crippen molar-refractivity contribution < 1.29 is 13.5 Å². The van der Waals surface area contributed by atoms with Crippen molar-refractivity contribution in [3.8, 4) is 11.4 Å². The smallest absolute Gasteiger partial charge is 0.252 e. The number of aromatic nitrogens is 2. The molecular weight excluding hydrogens is 302 g/mol. The van der Waals surface area contributed by atoms with E-state index >= 15 is 0 Å². The molecule has 1 aliphatic heterocycles. The van der Waals surface area contributed by atoms with Gasteiger partial charge in [0.25, 0.3) is 5.89 Å². The largest absolute Gasteiger partial charge is 0.368 e. The fourth-order valence-electron chi connectivity index (χ4n) is 2.38. The number of nitrogens with zero attached hydrogens (tertiary/aromatic N) is 2. The standard InChI is InChI=1S/C15H19N3O3S/c1-22(19)13-4-2-11(3-5-13)15-17-14(21-18-15)10-20-12-6-8-16-9-7-12/h2-5,12,16H,6-10H2,1H3. The highest BCUT2D eigenvalue weighted by atomic mass is 32.2. The van der Waals surface area contributed by atoms with E-state index in [1.54, 1.807) is 6.26 Å². The molecule has 118 valence electrons. The molecule has 0 spiro atoms. The molecule has 1 saturated heterocycles. The van der Waals surface area contributed by atoms with Crippen molar-refractivity contribution in [1.82, 2.24) is 15.5 Å². The van der Waals surface area contributed by atoms with Crippen LogP contribution in [0, 0.1) is 0 Å². The molecule has 1 fully saturated rings. The molecule has 0 saturated carbocycles. The van der Waals surface area contributed by atoms with Crippen LogP contribution < -0.4 is 5.32 Å². The third-order valence-electron chi connectivity index (χ3n) is 3.64. The van der Waals surface area contributed by atoms with E-state index in [9.17, 15) is 4.21 Å². The molecule has 1 unspecified atom stereocenters. The van der Waals surface area contributed by atoms with Crippen LogP contribution in [-0.4, -0.2) is 39.8 Å². The summed E-state index contributed by atoms with van der Waals surface area (Å²) in [6.45, 7) is 2.32. The van der Waals surface area contributed by atoms with Crippen LogP contribution in [0.15, 0.2) is 33.7 Å². The first kappa shape index (κ1) is 15.3. The Morgan fingerprint density at radius 2 is 2.05 bits per heavy atom. The number of ether oxygens (including phenoxy) is 1. The average Bonchev–Trinajstić information content (AvgIpc) is 3.03. The van der Waals surface area contributed by atoms with Crippen LogP contribution >= 0.6 is 0 Å². The average molecular weight is 321 g/mol. The van der Waals surface area contributed by atoms with Crippen molar-refractivity contribution in [3.63, 3.8) is 0 Å². The van der Waals surface area contributed by atoms with Crippen LogP contribution in [0.25, 0.3) is 11.4 Å². The summed E-state index contributed by atoms with van der Waals surface area (Å²) in [7, 11) is -0.984. The Labute approximate surface area is 131 Å². The van der Waals surface area contributed by atoms with Crippen LogP contribution in [0.2, 0.25) is 0 Å². The van der Waals surface area contributed by atoms with Gasteiger partial charge in [0, 0.05) is 27.5 Å². The van der Waals surface area contributed by atoms with Crippen LogP contribution in [0.1, 0.15) is 18.7 Å². The molecule has 1 N–H and O–H groups in total. The zero-order chi connectivity index (χ0) is 15.4. The zero-order valence-corrected chi connectivity index (χ0v) is 13.3. The molecule has 0 aliphatic carbocycles. The molecule has 0 amide bonds. The van der Waals surface area contributed by atoms with Gasteiger partial charge in [-0.25, -0.2) is 0 Å². The number of rotatable bonds is 5. The van der Waals surface area contributed by atoms with E-state index in [0.717, 1.165) is 36.4 Å². The van der Waals surface area contributed by atoms with E-state index in [1.165, 1.54) is 0 Å². The summed E-state index contributed by atoms with van der Waals surface area (Å²) in [4.78, 5) is 5.12. The van der Waals surface area contributed by atoms with Gasteiger partial charge in [-0.1, -0.05) is 5.16 Å². The van der Waals surface area contributed by atoms with Gasteiger partial charge in [-0.15, -0.1) is 0 Å². The Bertz CT molecular complexity index is 636. The predicted molar refractivity (Wildman–Crippen MR) is 82.7 cm³/mol. The number of hydrogen-bond acceptors (Lipinski definition) is 6. The van der Waals surface area contributed by atoms with Crippen molar-refractivity contribution in [2.45, 2.75) is 30.4 Å². The quantitative estimate of drug-likeness (QED) is 0.904. The minimum absolute atomic E-state index is 0.260. The molecule has 0 radical (unpaired) electrons. The Kier molecular flexibility index (Phi) is 4.97. The highest BCUT2D eigenvalue weighted by Crippen LogP contribution is 2.18. The molecule has 1 atom stereocenters. The van der Waals surface area contributed by atoms with Gasteiger partial charge in [0.1, 0.15) is 6.61 Å². The second-order valence-electron chi connectivity index (χ2n) is 5.25. The van der Waals surface area contributed by atoms with Gasteiger partial charge < -0.3 is 14.6 Å². The van der Waals surface area contributed by atoms with E-state index < -0.39 is 10.8 Å². The Hall–Kier alpha value is -1.57. The summed E-state index contributed by atoms with van der Waals surface area (Å²) < 4.78 is 22.4. The van der Waals surface area contributed by atoms with E-state index in [-0.39, 0.29) is 6.10 Å². The normalized spacial score (nSPS) is 17.5. The lowest BCUT2D eigenvalue weighted by Gasteiger charge is -2.21. The van der Waals surface area contributed by atoms with Crippen molar-refractivity contribution in [1.29, 1.82) is 0 Å². The van der Waals surface area contributed by atoms with E-state index in [1.807, 2.05) is 24.3 Å². The summed E-state index contributed by atoms with van der Waals surface area (Å²) >= 11 is 0. The zero-order valence-electron chi connectivity index (χ0n) is 12.4. The number of benzene rings is 1. The first-order valence-corrected chi connectivity index (χ1v) is 8.87. The summed E-state index contributed by atoms with van der Waals surface area (Å²) in [5.74, 6) is 1.01. The van der Waals surface area contributed by atoms with E-state index in [2.05, 4.69) is 15.5 Å². The second kappa shape index (κ2) is 7.13. The molecule has 2 aromatic rings. The molecular formula is C15H19N3O3S. The molecule has 6 nitrogen and oxygen atoms in total. The van der Waals surface area contributed by atoms with Gasteiger partial charge in [0.15, 0.2) is 0 Å². The molecule has 3 rings (SSSR count). The first-order chi connectivity index (χ1) is 10.7. The van der Waals surface area contributed by atoms with Gasteiger partial charge in [-0.05, 0) is 50.2 Å². The van der Waals surface area contributed by atoms with Gasteiger partial charge in [-0.3, -0.25) is 4.21 Å². The Balaban J connectivity index is 1.61. The molecule has 1 aliphatic rings. The first-order valence-electron chi connectivity index (χ1n) is 7.31. The van der Waals surface area contributed by atoms with E-state index in [0.29, 0.717) is 18.3 Å². The Morgan fingerprint density at radius 1 is 1.32 bits per heavy atom. The lowest BCUT2D eigenvalue weighted by Crippen LogP contribution is -2.32. The molecule has 0 bridgehead atoms. The van der Waals surface area contributed by atoms with Crippen LogP contribution in [0.3, 0.4) is 0 Å². The van der Waals surface area contributed by atoms with Gasteiger partial charge in [0.05, 0.1) is 6.10 Å². The maximum atomic E-state index is 11.4. The van der Waals surface area contributed by atoms with Gasteiger partial charge in [-0.2, -0.15) is 4.98 Å². The monoisotopic (exact) mass is 321 g/mol. The van der Waals surface area contributed by atoms with Crippen molar-refractivity contribution >= 4 is 10.8 Å². The molecule has 1 aromatic heterocycles. The summed E-state index contributed by atoms with van der Waals surface area (Å²) in [5.41, 5.74) is 0.839. The van der Waals surface area contributed by atoms with Crippen LogP contribution in [0.5, 0.6) is 0 Å². The summed E-state index contributed by atoms with van der Waals surface area (Å²) in [6.07, 6.45) is 3.93. The summed E-state index contributed by atoms with van der Waals surface area (Å²) in [6, 6.07) is 7.32. The maximum Gasteiger partial charge on any atom is 0.252 e. The molecule has 2 heterocycles. The SMILES string of the molecule is CS(=O)c1ccc(-c2noc(COC3CCNCC3)n2)cc1. The van der Waals surface area contributed by atoms with Crippen molar-refractivity contribution in [2.75, 3.05) is 19.3 Å². The summed E-state index contributed by atoms with van der Waals surface area (Å²) in [5, 5.41) is 7.27. The number of piperidine rings is 1. The highest BCUT2D eigenvalue weighted by molar-refractivity contribution is 7.84. The fourth-order valence-corrected chi connectivity index (χ4v) is 2.90. The van der Waals surface area contributed by atoms with Crippen molar-refractivity contribution in [2.24, 2.45) is 0 Å². The fraction of sp³-hybridized carbons (Fsp3) is 0.467. The van der Waals surface area contributed by atoms with Crippen LogP contribution in [0.4, 0.5) is 0 Å². The molecule has 7 heteroatoms. The van der Waals surface area contributed by atoms with Crippen LogP contribution in [-0.2, 0) is 22.1 Å². The minimum Gasteiger partial charge on any atom is -0.368 e.